The molecule has 1 atom stereocenters. The molecule has 1 aromatic carbocycles. The highest BCUT2D eigenvalue weighted by molar-refractivity contribution is 6.31. The second-order valence-corrected chi connectivity index (χ2v) is 5.61. The van der Waals surface area contributed by atoms with Crippen LogP contribution in [0.5, 0.6) is 5.75 Å². The Kier molecular flexibility index (Phi) is 8.26. The maximum Gasteiger partial charge on any atom is 0.314 e. The standard InChI is InChI=1S/C17H23ClN2O4/c1-5-14(17(22)23-6-2)12(4)19-20-16(21)10-24-13-7-8-15(18)11(3)9-13/h7-9,14H,5-6,10H2,1-4H3,(H,20,21)/b19-12+/t14-/m0/s1. The smallest absolute Gasteiger partial charge is 0.314 e. The monoisotopic (exact) mass is 354 g/mol. The molecule has 0 heterocycles. The van der Waals surface area contributed by atoms with Crippen molar-refractivity contribution in [1.29, 1.82) is 0 Å². The van der Waals surface area contributed by atoms with Gasteiger partial charge in [0.2, 0.25) is 0 Å². The summed E-state index contributed by atoms with van der Waals surface area (Å²) in [5.41, 5.74) is 3.74. The molecule has 0 aliphatic rings. The molecule has 0 fully saturated rings. The third kappa shape index (κ3) is 6.20. The van der Waals surface area contributed by atoms with E-state index in [0.717, 1.165) is 5.56 Å². The minimum Gasteiger partial charge on any atom is -0.484 e. The fraction of sp³-hybridized carbons (Fsp3) is 0.471. The van der Waals surface area contributed by atoms with Gasteiger partial charge in [-0.3, -0.25) is 9.59 Å². The zero-order valence-electron chi connectivity index (χ0n) is 14.4. The fourth-order valence-corrected chi connectivity index (χ4v) is 2.11. The summed E-state index contributed by atoms with van der Waals surface area (Å²) >= 11 is 5.93. The second kappa shape index (κ2) is 9.93. The summed E-state index contributed by atoms with van der Waals surface area (Å²) < 4.78 is 10.4. The number of nitrogens with zero attached hydrogens (tertiary/aromatic N) is 1. The molecule has 0 spiro atoms. The van der Waals surface area contributed by atoms with E-state index in [0.29, 0.717) is 29.5 Å². The Morgan fingerprint density at radius 1 is 1.33 bits per heavy atom. The van der Waals surface area contributed by atoms with Crippen molar-refractivity contribution >= 4 is 29.2 Å². The molecule has 1 rings (SSSR count). The van der Waals surface area contributed by atoms with Crippen molar-refractivity contribution in [1.82, 2.24) is 5.43 Å². The van der Waals surface area contributed by atoms with Crippen molar-refractivity contribution in [2.75, 3.05) is 13.2 Å². The van der Waals surface area contributed by atoms with E-state index in [2.05, 4.69) is 10.5 Å². The lowest BCUT2D eigenvalue weighted by atomic mass is 10.0. The summed E-state index contributed by atoms with van der Waals surface area (Å²) in [6.45, 7) is 7.25. The number of hydrogen-bond acceptors (Lipinski definition) is 5. The van der Waals surface area contributed by atoms with Crippen LogP contribution in [0.25, 0.3) is 0 Å². The topological polar surface area (TPSA) is 77.0 Å². The molecule has 0 radical (unpaired) electrons. The second-order valence-electron chi connectivity index (χ2n) is 5.20. The third-order valence-electron chi connectivity index (χ3n) is 3.34. The van der Waals surface area contributed by atoms with Gasteiger partial charge in [-0.05, 0) is 51.0 Å². The number of esters is 1. The van der Waals surface area contributed by atoms with E-state index in [9.17, 15) is 9.59 Å². The summed E-state index contributed by atoms with van der Waals surface area (Å²) in [4.78, 5) is 23.6. The Morgan fingerprint density at radius 2 is 2.04 bits per heavy atom. The number of hydrazone groups is 1. The summed E-state index contributed by atoms with van der Waals surface area (Å²) in [5, 5.41) is 4.59. The van der Waals surface area contributed by atoms with Crippen molar-refractivity contribution in [3.05, 3.63) is 28.8 Å². The molecular weight excluding hydrogens is 332 g/mol. The van der Waals surface area contributed by atoms with Crippen LogP contribution >= 0.6 is 11.6 Å². The Balaban J connectivity index is 2.54. The van der Waals surface area contributed by atoms with Crippen LogP contribution in [-0.2, 0) is 14.3 Å². The van der Waals surface area contributed by atoms with Crippen molar-refractivity contribution in [2.45, 2.75) is 34.1 Å². The zero-order valence-corrected chi connectivity index (χ0v) is 15.1. The van der Waals surface area contributed by atoms with Crippen LogP contribution in [0.15, 0.2) is 23.3 Å². The number of amides is 1. The van der Waals surface area contributed by atoms with Gasteiger partial charge in [-0.15, -0.1) is 0 Å². The largest absolute Gasteiger partial charge is 0.484 e. The highest BCUT2D eigenvalue weighted by Gasteiger charge is 2.21. The Hall–Kier alpha value is -2.08. The molecular formula is C17H23ClN2O4. The Bertz CT molecular complexity index is 617. The molecule has 1 N–H and O–H groups in total. The SMILES string of the molecule is CCOC(=O)[C@@H](CC)/C(C)=N/NC(=O)COc1ccc(Cl)c(C)c1. The first-order valence-electron chi connectivity index (χ1n) is 7.77. The molecule has 6 nitrogen and oxygen atoms in total. The predicted octanol–water partition coefficient (Wildman–Crippen LogP) is 3.11. The average Bonchev–Trinajstić information content (AvgIpc) is 2.55. The Labute approximate surface area is 147 Å². The molecule has 0 aromatic heterocycles. The van der Waals surface area contributed by atoms with Gasteiger partial charge in [0.15, 0.2) is 6.61 Å². The van der Waals surface area contributed by atoms with Crippen LogP contribution in [0.1, 0.15) is 32.8 Å². The van der Waals surface area contributed by atoms with E-state index in [1.807, 2.05) is 13.8 Å². The number of carbonyl (C=O) groups is 2. The van der Waals surface area contributed by atoms with Gasteiger partial charge in [-0.1, -0.05) is 18.5 Å². The summed E-state index contributed by atoms with van der Waals surface area (Å²) in [6.07, 6.45) is 0.546. The van der Waals surface area contributed by atoms with E-state index < -0.39 is 11.8 Å². The van der Waals surface area contributed by atoms with Crippen molar-refractivity contribution < 1.29 is 19.1 Å². The number of carbonyl (C=O) groups excluding carboxylic acids is 2. The molecule has 24 heavy (non-hydrogen) atoms. The number of benzene rings is 1. The molecule has 0 saturated carbocycles. The first kappa shape index (κ1) is 20.0. The molecule has 0 aliphatic carbocycles. The molecule has 0 saturated heterocycles. The third-order valence-corrected chi connectivity index (χ3v) is 3.76. The van der Waals surface area contributed by atoms with Gasteiger partial charge in [-0.25, -0.2) is 5.43 Å². The molecule has 7 heteroatoms. The fourth-order valence-electron chi connectivity index (χ4n) is 1.99. The molecule has 132 valence electrons. The summed E-state index contributed by atoms with van der Waals surface area (Å²) in [5.74, 6) is -0.681. The highest BCUT2D eigenvalue weighted by Crippen LogP contribution is 2.20. The van der Waals surface area contributed by atoms with Crippen LogP contribution < -0.4 is 10.2 Å². The van der Waals surface area contributed by atoms with Crippen LogP contribution in [0.3, 0.4) is 0 Å². The molecule has 0 bridgehead atoms. The van der Waals surface area contributed by atoms with Gasteiger partial charge in [0.05, 0.1) is 12.5 Å². The molecule has 1 aromatic rings. The average molecular weight is 355 g/mol. The first-order valence-corrected chi connectivity index (χ1v) is 8.15. The number of nitrogens with one attached hydrogen (secondary N) is 1. The van der Waals surface area contributed by atoms with Gasteiger partial charge in [0.25, 0.3) is 5.91 Å². The van der Waals surface area contributed by atoms with Crippen molar-refractivity contribution in [3.8, 4) is 5.75 Å². The van der Waals surface area contributed by atoms with E-state index in [1.54, 1.807) is 32.0 Å². The zero-order chi connectivity index (χ0) is 18.1. The lowest BCUT2D eigenvalue weighted by Crippen LogP contribution is -2.29. The number of rotatable bonds is 8. The van der Waals surface area contributed by atoms with Crippen LogP contribution in [0.2, 0.25) is 5.02 Å². The van der Waals surface area contributed by atoms with Crippen LogP contribution in [0.4, 0.5) is 0 Å². The number of hydrogen-bond donors (Lipinski definition) is 1. The van der Waals surface area contributed by atoms with E-state index in [4.69, 9.17) is 21.1 Å². The highest BCUT2D eigenvalue weighted by atomic mass is 35.5. The number of aryl methyl sites for hydroxylation is 1. The van der Waals surface area contributed by atoms with Gasteiger partial charge in [-0.2, -0.15) is 5.10 Å². The maximum atomic E-state index is 11.8. The summed E-state index contributed by atoms with van der Waals surface area (Å²) in [6, 6.07) is 5.14. The van der Waals surface area contributed by atoms with E-state index in [1.165, 1.54) is 0 Å². The minimum absolute atomic E-state index is 0.186. The minimum atomic E-state index is -0.468. The molecule has 0 unspecified atom stereocenters. The summed E-state index contributed by atoms with van der Waals surface area (Å²) in [7, 11) is 0. The lowest BCUT2D eigenvalue weighted by molar-refractivity contribution is -0.145. The van der Waals surface area contributed by atoms with Crippen molar-refractivity contribution in [3.63, 3.8) is 0 Å². The van der Waals surface area contributed by atoms with Gasteiger partial charge in [0, 0.05) is 10.7 Å². The number of ether oxygens (including phenoxy) is 2. The predicted molar refractivity (Wildman–Crippen MR) is 93.3 cm³/mol. The quantitative estimate of drug-likeness (QED) is 0.442. The normalized spacial score (nSPS) is 12.5. The van der Waals surface area contributed by atoms with Gasteiger partial charge in [0.1, 0.15) is 5.75 Å². The number of halogens is 1. The van der Waals surface area contributed by atoms with Crippen LogP contribution in [-0.4, -0.2) is 30.8 Å². The van der Waals surface area contributed by atoms with E-state index in [-0.39, 0.29) is 12.6 Å². The molecule has 1 amide bonds. The first-order chi connectivity index (χ1) is 11.4. The van der Waals surface area contributed by atoms with Crippen molar-refractivity contribution in [2.24, 2.45) is 11.0 Å². The Morgan fingerprint density at radius 3 is 2.62 bits per heavy atom. The molecule has 0 aliphatic heterocycles. The van der Waals surface area contributed by atoms with Gasteiger partial charge < -0.3 is 9.47 Å². The van der Waals surface area contributed by atoms with Crippen LogP contribution in [0, 0.1) is 12.8 Å². The maximum absolute atomic E-state index is 11.8. The van der Waals surface area contributed by atoms with Gasteiger partial charge >= 0.3 is 5.97 Å². The van der Waals surface area contributed by atoms with E-state index >= 15 is 0 Å². The lowest BCUT2D eigenvalue weighted by Gasteiger charge is -2.13.